The van der Waals surface area contributed by atoms with Gasteiger partial charge in [-0.1, -0.05) is 24.6 Å². The van der Waals surface area contributed by atoms with Gasteiger partial charge in [0.15, 0.2) is 0 Å². The van der Waals surface area contributed by atoms with E-state index in [-0.39, 0.29) is 6.04 Å². The summed E-state index contributed by atoms with van der Waals surface area (Å²) in [6.07, 6.45) is 0.129. The SMILES string of the molecule is CC[C@H](O)[C@H](N)c1ccc(Cl)c(Br)c1. The van der Waals surface area contributed by atoms with E-state index >= 15 is 0 Å². The van der Waals surface area contributed by atoms with Gasteiger partial charge in [0.05, 0.1) is 17.2 Å². The minimum atomic E-state index is -0.511. The molecular formula is C10H13BrClNO. The first-order valence-electron chi connectivity index (χ1n) is 4.44. The quantitative estimate of drug-likeness (QED) is 0.893. The molecule has 0 saturated carbocycles. The van der Waals surface area contributed by atoms with E-state index in [0.717, 1.165) is 10.0 Å². The van der Waals surface area contributed by atoms with Gasteiger partial charge in [-0.15, -0.1) is 0 Å². The lowest BCUT2D eigenvalue weighted by Crippen LogP contribution is -2.25. The molecule has 1 rings (SSSR count). The van der Waals surface area contributed by atoms with E-state index in [1.54, 1.807) is 6.07 Å². The van der Waals surface area contributed by atoms with Crippen LogP contribution >= 0.6 is 27.5 Å². The zero-order chi connectivity index (χ0) is 10.7. The first kappa shape index (κ1) is 12.0. The second-order valence-corrected chi connectivity index (χ2v) is 4.44. The molecule has 0 saturated heterocycles. The van der Waals surface area contributed by atoms with Crippen LogP contribution < -0.4 is 5.73 Å². The minimum absolute atomic E-state index is 0.353. The van der Waals surface area contributed by atoms with Gasteiger partial charge >= 0.3 is 0 Å². The molecule has 1 aromatic carbocycles. The molecule has 0 fully saturated rings. The maximum absolute atomic E-state index is 9.57. The summed E-state index contributed by atoms with van der Waals surface area (Å²) in [6.45, 7) is 1.90. The maximum atomic E-state index is 9.57. The number of rotatable bonds is 3. The van der Waals surface area contributed by atoms with Crippen LogP contribution in [0, 0.1) is 0 Å². The Labute approximate surface area is 97.2 Å². The molecule has 0 unspecified atom stereocenters. The highest BCUT2D eigenvalue weighted by Gasteiger charge is 2.15. The molecule has 78 valence electrons. The van der Waals surface area contributed by atoms with Crippen molar-refractivity contribution >= 4 is 27.5 Å². The van der Waals surface area contributed by atoms with Crippen LogP contribution in [-0.2, 0) is 0 Å². The van der Waals surface area contributed by atoms with Crippen LogP contribution in [-0.4, -0.2) is 11.2 Å². The average Bonchev–Trinajstić information content (AvgIpc) is 2.20. The predicted octanol–water partition coefficient (Wildman–Crippen LogP) is 2.87. The van der Waals surface area contributed by atoms with Crippen molar-refractivity contribution in [1.82, 2.24) is 0 Å². The molecule has 0 spiro atoms. The molecule has 0 aliphatic heterocycles. The van der Waals surface area contributed by atoms with Crippen molar-refractivity contribution in [3.05, 3.63) is 33.3 Å². The monoisotopic (exact) mass is 277 g/mol. The summed E-state index contributed by atoms with van der Waals surface area (Å²) in [4.78, 5) is 0. The Morgan fingerprint density at radius 1 is 1.57 bits per heavy atom. The van der Waals surface area contributed by atoms with Crippen LogP contribution in [0.5, 0.6) is 0 Å². The van der Waals surface area contributed by atoms with Gasteiger partial charge in [0.25, 0.3) is 0 Å². The van der Waals surface area contributed by atoms with E-state index in [1.807, 2.05) is 19.1 Å². The zero-order valence-electron chi connectivity index (χ0n) is 7.87. The molecule has 0 aliphatic carbocycles. The lowest BCUT2D eigenvalue weighted by molar-refractivity contribution is 0.140. The predicted molar refractivity (Wildman–Crippen MR) is 62.4 cm³/mol. The molecule has 4 heteroatoms. The molecule has 0 aliphatic rings. The van der Waals surface area contributed by atoms with Gasteiger partial charge in [-0.25, -0.2) is 0 Å². The van der Waals surface area contributed by atoms with Gasteiger partial charge in [-0.2, -0.15) is 0 Å². The van der Waals surface area contributed by atoms with Crippen molar-refractivity contribution in [3.63, 3.8) is 0 Å². The zero-order valence-corrected chi connectivity index (χ0v) is 10.2. The van der Waals surface area contributed by atoms with E-state index in [9.17, 15) is 5.11 Å². The number of hydrogen-bond acceptors (Lipinski definition) is 2. The van der Waals surface area contributed by atoms with E-state index in [0.29, 0.717) is 11.4 Å². The fraction of sp³-hybridized carbons (Fsp3) is 0.400. The Bertz CT molecular complexity index is 319. The average molecular weight is 279 g/mol. The summed E-state index contributed by atoms with van der Waals surface area (Å²) >= 11 is 9.16. The van der Waals surface area contributed by atoms with Gasteiger partial charge in [0.1, 0.15) is 0 Å². The topological polar surface area (TPSA) is 46.2 Å². The van der Waals surface area contributed by atoms with Crippen LogP contribution in [0.15, 0.2) is 22.7 Å². The molecule has 1 aromatic rings. The number of aliphatic hydroxyl groups is 1. The van der Waals surface area contributed by atoms with Crippen molar-refractivity contribution in [3.8, 4) is 0 Å². The standard InChI is InChI=1S/C10H13BrClNO/c1-2-9(14)10(13)6-3-4-8(12)7(11)5-6/h3-5,9-10,14H,2,13H2,1H3/t9-,10+/m0/s1. The number of nitrogens with two attached hydrogens (primary N) is 1. The van der Waals surface area contributed by atoms with Gasteiger partial charge < -0.3 is 10.8 Å². The van der Waals surface area contributed by atoms with Crippen LogP contribution in [0.3, 0.4) is 0 Å². The van der Waals surface area contributed by atoms with Crippen molar-refractivity contribution in [2.45, 2.75) is 25.5 Å². The van der Waals surface area contributed by atoms with E-state index in [4.69, 9.17) is 17.3 Å². The van der Waals surface area contributed by atoms with Crippen molar-refractivity contribution in [2.24, 2.45) is 5.73 Å². The molecular weight excluding hydrogens is 265 g/mol. The molecule has 0 amide bonds. The van der Waals surface area contributed by atoms with Crippen LogP contribution in [0.25, 0.3) is 0 Å². The summed E-state index contributed by atoms with van der Waals surface area (Å²) in [5.41, 5.74) is 6.74. The Morgan fingerprint density at radius 2 is 2.21 bits per heavy atom. The highest BCUT2D eigenvalue weighted by atomic mass is 79.9. The van der Waals surface area contributed by atoms with Gasteiger partial charge in [-0.05, 0) is 40.0 Å². The third-order valence-corrected chi connectivity index (χ3v) is 3.38. The molecule has 0 radical (unpaired) electrons. The van der Waals surface area contributed by atoms with Gasteiger partial charge in [-0.3, -0.25) is 0 Å². The second-order valence-electron chi connectivity index (χ2n) is 3.17. The van der Waals surface area contributed by atoms with E-state index in [1.165, 1.54) is 0 Å². The summed E-state index contributed by atoms with van der Waals surface area (Å²) < 4.78 is 0.801. The largest absolute Gasteiger partial charge is 0.391 e. The van der Waals surface area contributed by atoms with Crippen molar-refractivity contribution in [2.75, 3.05) is 0 Å². The highest BCUT2D eigenvalue weighted by molar-refractivity contribution is 9.10. The molecule has 14 heavy (non-hydrogen) atoms. The Kier molecular flexibility index (Phi) is 4.38. The summed E-state index contributed by atoms with van der Waals surface area (Å²) in [6, 6.07) is 5.08. The fourth-order valence-corrected chi connectivity index (χ4v) is 1.71. The lowest BCUT2D eigenvalue weighted by atomic mass is 10.0. The Balaban J connectivity index is 2.91. The number of hydrogen-bond donors (Lipinski definition) is 2. The molecule has 2 nitrogen and oxygen atoms in total. The van der Waals surface area contributed by atoms with Crippen molar-refractivity contribution in [1.29, 1.82) is 0 Å². The lowest BCUT2D eigenvalue weighted by Gasteiger charge is -2.17. The number of benzene rings is 1. The third-order valence-electron chi connectivity index (χ3n) is 2.16. The smallest absolute Gasteiger partial charge is 0.0730 e. The third kappa shape index (κ3) is 2.70. The van der Waals surface area contributed by atoms with Crippen LogP contribution in [0.4, 0.5) is 0 Å². The summed E-state index contributed by atoms with van der Waals surface area (Å²) in [5, 5.41) is 10.2. The number of halogens is 2. The molecule has 0 bridgehead atoms. The molecule has 2 atom stereocenters. The minimum Gasteiger partial charge on any atom is -0.391 e. The number of aliphatic hydroxyl groups excluding tert-OH is 1. The first-order chi connectivity index (χ1) is 6.56. The van der Waals surface area contributed by atoms with Gasteiger partial charge in [0, 0.05) is 4.47 Å². The second kappa shape index (κ2) is 5.12. The maximum Gasteiger partial charge on any atom is 0.0730 e. The summed E-state index contributed by atoms with van der Waals surface area (Å²) in [7, 11) is 0. The van der Waals surface area contributed by atoms with E-state index in [2.05, 4.69) is 15.9 Å². The highest BCUT2D eigenvalue weighted by Crippen LogP contribution is 2.26. The van der Waals surface area contributed by atoms with Crippen LogP contribution in [0.2, 0.25) is 5.02 Å². The van der Waals surface area contributed by atoms with E-state index < -0.39 is 6.10 Å². The molecule has 0 aromatic heterocycles. The van der Waals surface area contributed by atoms with Crippen molar-refractivity contribution < 1.29 is 5.11 Å². The van der Waals surface area contributed by atoms with Crippen LogP contribution in [0.1, 0.15) is 24.9 Å². The van der Waals surface area contributed by atoms with Gasteiger partial charge in [0.2, 0.25) is 0 Å². The Morgan fingerprint density at radius 3 is 2.71 bits per heavy atom. The normalized spacial score (nSPS) is 15.2. The molecule has 3 N–H and O–H groups in total. The summed E-state index contributed by atoms with van der Waals surface area (Å²) in [5.74, 6) is 0. The molecule has 0 heterocycles. The fourth-order valence-electron chi connectivity index (χ4n) is 1.20. The Hall–Kier alpha value is -0.0900. The first-order valence-corrected chi connectivity index (χ1v) is 5.62.